The van der Waals surface area contributed by atoms with Crippen molar-refractivity contribution in [2.75, 3.05) is 20.3 Å². The van der Waals surface area contributed by atoms with Crippen molar-refractivity contribution in [2.24, 2.45) is 5.92 Å². The van der Waals surface area contributed by atoms with Crippen LogP contribution in [-0.2, 0) is 49.4 Å². The van der Waals surface area contributed by atoms with Crippen LogP contribution >= 0.6 is 0 Å². The Balaban J connectivity index is 1.79. The van der Waals surface area contributed by atoms with Gasteiger partial charge in [0.05, 0.1) is 19.8 Å². The number of esters is 2. The Morgan fingerprint density at radius 3 is 2.44 bits per heavy atom. The molecule has 1 saturated heterocycles. The van der Waals surface area contributed by atoms with E-state index in [1.807, 2.05) is 37.3 Å². The predicted octanol–water partition coefficient (Wildman–Crippen LogP) is 3.25. The number of carbonyl (C=O) groups is 3. The molecule has 0 aliphatic carbocycles. The normalized spacial score (nSPS) is 25.1. The van der Waals surface area contributed by atoms with E-state index in [1.54, 1.807) is 34.6 Å². The van der Waals surface area contributed by atoms with Gasteiger partial charge in [0.2, 0.25) is 5.76 Å². The first-order chi connectivity index (χ1) is 18.3. The van der Waals surface area contributed by atoms with Crippen LogP contribution in [0.1, 0.15) is 47.1 Å². The van der Waals surface area contributed by atoms with Gasteiger partial charge in [0.1, 0.15) is 37.1 Å². The molecule has 39 heavy (non-hydrogen) atoms. The third kappa shape index (κ3) is 8.94. The summed E-state index contributed by atoms with van der Waals surface area (Å²) < 4.78 is 39.5. The molecule has 11 heteroatoms. The molecule has 3 rings (SSSR count). The summed E-state index contributed by atoms with van der Waals surface area (Å²) in [7, 11) is 1.23. The Labute approximate surface area is 229 Å². The Morgan fingerprint density at radius 2 is 1.85 bits per heavy atom. The van der Waals surface area contributed by atoms with E-state index in [1.165, 1.54) is 13.2 Å². The number of carbonyl (C=O) groups excluding carboxylic acids is 3. The quantitative estimate of drug-likeness (QED) is 0.362. The zero-order chi connectivity index (χ0) is 28.8. The van der Waals surface area contributed by atoms with Gasteiger partial charge in [-0.25, -0.2) is 14.4 Å². The first-order valence-corrected chi connectivity index (χ1v) is 12.9. The fraction of sp³-hybridized carbons (Fsp3) is 0.607. The first-order valence-electron chi connectivity index (χ1n) is 12.9. The fourth-order valence-corrected chi connectivity index (χ4v) is 4.25. The molecular weight excluding hydrogens is 510 g/mol. The molecular formula is C28H39NO10. The summed E-state index contributed by atoms with van der Waals surface area (Å²) in [6.07, 6.45) is -1.55. The maximum Gasteiger partial charge on any atom is 0.408 e. The van der Waals surface area contributed by atoms with E-state index in [4.69, 9.17) is 33.2 Å². The van der Waals surface area contributed by atoms with Crippen molar-refractivity contribution in [3.8, 4) is 0 Å². The highest BCUT2D eigenvalue weighted by atomic mass is 16.8. The molecule has 2 aliphatic rings. The molecule has 11 nitrogen and oxygen atoms in total. The van der Waals surface area contributed by atoms with Crippen molar-refractivity contribution in [1.29, 1.82) is 0 Å². The van der Waals surface area contributed by atoms with Gasteiger partial charge in [0.25, 0.3) is 0 Å². The van der Waals surface area contributed by atoms with E-state index in [2.05, 4.69) is 5.32 Å². The van der Waals surface area contributed by atoms with Gasteiger partial charge >= 0.3 is 18.0 Å². The summed E-state index contributed by atoms with van der Waals surface area (Å²) in [5.74, 6) is -2.76. The molecule has 0 bridgehead atoms. The van der Waals surface area contributed by atoms with E-state index >= 15 is 0 Å². The minimum Gasteiger partial charge on any atom is -0.480 e. The maximum atomic E-state index is 12.6. The minimum absolute atomic E-state index is 0.0945. The van der Waals surface area contributed by atoms with Crippen LogP contribution in [0.5, 0.6) is 0 Å². The van der Waals surface area contributed by atoms with Gasteiger partial charge in [-0.3, -0.25) is 0 Å². The summed E-state index contributed by atoms with van der Waals surface area (Å²) in [4.78, 5) is 37.6. The second-order valence-corrected chi connectivity index (χ2v) is 10.9. The van der Waals surface area contributed by atoms with Crippen molar-refractivity contribution in [3.63, 3.8) is 0 Å². The molecule has 5 atom stereocenters. The maximum absolute atomic E-state index is 12.6. The Bertz CT molecular complexity index is 1030. The van der Waals surface area contributed by atoms with E-state index in [-0.39, 0.29) is 19.0 Å². The van der Waals surface area contributed by atoms with Gasteiger partial charge in [-0.15, -0.1) is 0 Å². The Kier molecular flexibility index (Phi) is 9.98. The van der Waals surface area contributed by atoms with E-state index < -0.39 is 66.3 Å². The third-order valence-corrected chi connectivity index (χ3v) is 6.11. The molecule has 216 valence electrons. The fourth-order valence-electron chi connectivity index (χ4n) is 4.25. The van der Waals surface area contributed by atoms with Crippen LogP contribution in [0.2, 0.25) is 0 Å². The van der Waals surface area contributed by atoms with Crippen molar-refractivity contribution in [1.82, 2.24) is 5.32 Å². The largest absolute Gasteiger partial charge is 0.480 e. The average Bonchev–Trinajstić information content (AvgIpc) is 3.22. The highest BCUT2D eigenvalue weighted by molar-refractivity contribution is 5.86. The average molecular weight is 550 g/mol. The highest BCUT2D eigenvalue weighted by Gasteiger charge is 2.48. The summed E-state index contributed by atoms with van der Waals surface area (Å²) in [6, 6.07) is 8.59. The molecule has 0 radical (unpaired) electrons. The van der Waals surface area contributed by atoms with Crippen LogP contribution < -0.4 is 5.32 Å². The summed E-state index contributed by atoms with van der Waals surface area (Å²) >= 11 is 0. The molecule has 1 fully saturated rings. The summed E-state index contributed by atoms with van der Waals surface area (Å²) in [6.45, 7) is 10.4. The number of methoxy groups -OCH3 is 1. The van der Waals surface area contributed by atoms with Gasteiger partial charge in [0.15, 0.2) is 5.79 Å². The molecule has 2 aliphatic heterocycles. The molecule has 1 amide bonds. The first kappa shape index (κ1) is 30.4. The molecule has 0 unspecified atom stereocenters. The molecule has 1 N–H and O–H groups in total. The lowest BCUT2D eigenvalue weighted by atomic mass is 9.87. The van der Waals surface area contributed by atoms with Crippen LogP contribution in [0.25, 0.3) is 0 Å². The minimum atomic E-state index is -0.896. The zero-order valence-electron chi connectivity index (χ0n) is 23.6. The van der Waals surface area contributed by atoms with Crippen LogP contribution in [0.4, 0.5) is 4.79 Å². The van der Waals surface area contributed by atoms with Crippen LogP contribution in [-0.4, -0.2) is 74.1 Å². The summed E-state index contributed by atoms with van der Waals surface area (Å²) in [5.41, 5.74) is 0.115. The van der Waals surface area contributed by atoms with E-state index in [0.29, 0.717) is 0 Å². The smallest absolute Gasteiger partial charge is 0.408 e. The molecule has 1 aromatic rings. The van der Waals surface area contributed by atoms with Crippen LogP contribution in [0, 0.1) is 5.92 Å². The van der Waals surface area contributed by atoms with Gasteiger partial charge in [-0.2, -0.15) is 0 Å². The van der Waals surface area contributed by atoms with Crippen LogP contribution in [0.3, 0.4) is 0 Å². The van der Waals surface area contributed by atoms with Gasteiger partial charge < -0.3 is 38.5 Å². The SMILES string of the molecule is COC(=O)C1=C[C@H](NC(=O)OC(C)(C)C)[C@@H](C)[C@H]([C@H](OCC(=O)OCc2ccccc2)[C@H]2COC(C)(C)O2)O1. The topological polar surface area (TPSA) is 128 Å². The molecule has 0 saturated carbocycles. The summed E-state index contributed by atoms with van der Waals surface area (Å²) in [5, 5.41) is 2.78. The van der Waals surface area contributed by atoms with Crippen molar-refractivity contribution in [2.45, 2.75) is 83.9 Å². The number of hydrogen-bond acceptors (Lipinski definition) is 10. The predicted molar refractivity (Wildman–Crippen MR) is 138 cm³/mol. The number of benzene rings is 1. The lowest BCUT2D eigenvalue weighted by Gasteiger charge is -2.40. The zero-order valence-corrected chi connectivity index (χ0v) is 23.6. The monoisotopic (exact) mass is 549 g/mol. The Hall–Kier alpha value is -3.15. The molecule has 0 aromatic heterocycles. The number of hydrogen-bond donors (Lipinski definition) is 1. The van der Waals surface area contributed by atoms with Crippen LogP contribution in [0.15, 0.2) is 42.2 Å². The molecule has 2 heterocycles. The van der Waals surface area contributed by atoms with Crippen molar-refractivity contribution in [3.05, 3.63) is 47.7 Å². The standard InChI is InChI=1S/C28H39NO10/c1-17-19(29-26(32)39-27(2,3)4)13-20(25(31)33-7)37-23(17)24(21-15-36-28(5,6)38-21)35-16-22(30)34-14-18-11-9-8-10-12-18/h8-13,17,19,21,23-24H,14-16H2,1-7H3,(H,29,32)/t17-,19+,21-,23-,24-/m1/s1. The number of ether oxygens (including phenoxy) is 7. The van der Waals surface area contributed by atoms with Gasteiger partial charge in [-0.05, 0) is 46.3 Å². The lowest BCUT2D eigenvalue weighted by molar-refractivity contribution is -0.187. The van der Waals surface area contributed by atoms with Gasteiger partial charge in [0, 0.05) is 5.92 Å². The number of alkyl carbamates (subject to hydrolysis) is 1. The van der Waals surface area contributed by atoms with Gasteiger partial charge in [-0.1, -0.05) is 37.3 Å². The van der Waals surface area contributed by atoms with E-state index in [0.717, 1.165) is 5.56 Å². The lowest BCUT2D eigenvalue weighted by Crippen LogP contribution is -2.55. The second-order valence-electron chi connectivity index (χ2n) is 10.9. The second kappa shape index (κ2) is 12.8. The van der Waals surface area contributed by atoms with Crippen molar-refractivity contribution >= 4 is 18.0 Å². The third-order valence-electron chi connectivity index (χ3n) is 6.11. The highest BCUT2D eigenvalue weighted by Crippen LogP contribution is 2.34. The molecule has 0 spiro atoms. The van der Waals surface area contributed by atoms with Crippen molar-refractivity contribution < 1.29 is 47.5 Å². The molecule has 1 aromatic carbocycles. The number of amides is 1. The number of rotatable bonds is 9. The Morgan fingerprint density at radius 1 is 1.15 bits per heavy atom. The number of nitrogens with one attached hydrogen (secondary N) is 1. The van der Waals surface area contributed by atoms with E-state index in [9.17, 15) is 14.4 Å².